The van der Waals surface area contributed by atoms with Gasteiger partial charge in [-0.15, -0.1) is 0 Å². The third-order valence-corrected chi connectivity index (χ3v) is 7.29. The number of piperazine rings is 1. The van der Waals surface area contributed by atoms with Crippen molar-refractivity contribution in [3.63, 3.8) is 0 Å². The summed E-state index contributed by atoms with van der Waals surface area (Å²) in [5.74, 6) is 0.596. The lowest BCUT2D eigenvalue weighted by Crippen LogP contribution is -2.48. The number of carbonyl (C=O) groups is 1. The molecule has 0 radical (unpaired) electrons. The molecular formula is C21H26BrN3O5S. The molecule has 1 aliphatic heterocycles. The summed E-state index contributed by atoms with van der Waals surface area (Å²) in [6, 6.07) is 12.1. The van der Waals surface area contributed by atoms with Crippen molar-refractivity contribution in [2.75, 3.05) is 37.7 Å². The van der Waals surface area contributed by atoms with Crippen LogP contribution in [0.5, 0.6) is 11.5 Å². The topological polar surface area (TPSA) is 102 Å². The number of benzene rings is 2. The molecule has 8 nitrogen and oxygen atoms in total. The van der Waals surface area contributed by atoms with Gasteiger partial charge in [0.15, 0.2) is 6.61 Å². The van der Waals surface area contributed by atoms with Crippen molar-refractivity contribution in [1.29, 1.82) is 0 Å². The van der Waals surface area contributed by atoms with Crippen LogP contribution in [0.15, 0.2) is 51.8 Å². The first-order valence-electron chi connectivity index (χ1n) is 9.89. The molecule has 0 bridgehead atoms. The number of nitrogens with zero attached hydrogens (tertiary/aromatic N) is 2. The monoisotopic (exact) mass is 511 g/mol. The number of rotatable bonds is 8. The predicted octanol–water partition coefficient (Wildman–Crippen LogP) is 2.61. The van der Waals surface area contributed by atoms with Crippen molar-refractivity contribution in [1.82, 2.24) is 4.31 Å². The molecule has 0 saturated carbocycles. The highest BCUT2D eigenvalue weighted by molar-refractivity contribution is 9.10. The maximum absolute atomic E-state index is 13.0. The molecule has 2 N–H and O–H groups in total. The van der Waals surface area contributed by atoms with E-state index in [1.807, 2.05) is 32.0 Å². The standard InChI is InChI=1S/C21H26BrN3O5S/c1-15(2)30-17-4-6-18(7-5-17)31(27,28)25-11-9-24(10-12-25)16-3-8-19(22)20(13-16)29-14-21(23)26/h3-8,13,15H,9-12,14H2,1-2H3,(H2,23,26). The smallest absolute Gasteiger partial charge is 0.255 e. The summed E-state index contributed by atoms with van der Waals surface area (Å²) in [7, 11) is -3.58. The highest BCUT2D eigenvalue weighted by Gasteiger charge is 2.29. The second kappa shape index (κ2) is 9.88. The number of carbonyl (C=O) groups excluding carboxylic acids is 1. The van der Waals surface area contributed by atoms with Crippen LogP contribution in [-0.2, 0) is 14.8 Å². The lowest BCUT2D eigenvalue weighted by Gasteiger charge is -2.35. The average molecular weight is 512 g/mol. The first-order valence-corrected chi connectivity index (χ1v) is 12.1. The Hall–Kier alpha value is -2.30. The number of ether oxygens (including phenoxy) is 2. The highest BCUT2D eigenvalue weighted by atomic mass is 79.9. The molecule has 0 aromatic heterocycles. The van der Waals surface area contributed by atoms with E-state index in [-0.39, 0.29) is 17.6 Å². The minimum Gasteiger partial charge on any atom is -0.491 e. The Morgan fingerprint density at radius 3 is 2.32 bits per heavy atom. The van der Waals surface area contributed by atoms with Gasteiger partial charge in [0.05, 0.1) is 15.5 Å². The SMILES string of the molecule is CC(C)Oc1ccc(S(=O)(=O)N2CCN(c3ccc(Br)c(OCC(N)=O)c3)CC2)cc1. The number of halogens is 1. The molecule has 0 spiro atoms. The first-order chi connectivity index (χ1) is 14.7. The molecule has 1 heterocycles. The van der Waals surface area contributed by atoms with Gasteiger partial charge >= 0.3 is 0 Å². The van der Waals surface area contributed by atoms with Crippen LogP contribution in [0.3, 0.4) is 0 Å². The summed E-state index contributed by atoms with van der Waals surface area (Å²) < 4.78 is 39.2. The second-order valence-electron chi connectivity index (χ2n) is 7.40. The Labute approximate surface area is 191 Å². The van der Waals surface area contributed by atoms with E-state index in [4.69, 9.17) is 15.2 Å². The molecule has 0 atom stereocenters. The molecule has 168 valence electrons. The fourth-order valence-corrected chi connectivity index (χ4v) is 5.03. The molecule has 0 aliphatic carbocycles. The van der Waals surface area contributed by atoms with Gasteiger partial charge in [-0.3, -0.25) is 4.79 Å². The van der Waals surface area contributed by atoms with Crippen LogP contribution in [0.1, 0.15) is 13.8 Å². The van der Waals surface area contributed by atoms with Gasteiger partial charge in [0.2, 0.25) is 10.0 Å². The zero-order valence-corrected chi connectivity index (χ0v) is 19.9. The Kier molecular flexibility index (Phi) is 7.45. The number of hydrogen-bond acceptors (Lipinski definition) is 6. The van der Waals surface area contributed by atoms with Crippen molar-refractivity contribution < 1.29 is 22.7 Å². The van der Waals surface area contributed by atoms with Gasteiger partial charge in [-0.05, 0) is 66.2 Å². The van der Waals surface area contributed by atoms with E-state index in [1.54, 1.807) is 24.3 Å². The largest absolute Gasteiger partial charge is 0.491 e. The summed E-state index contributed by atoms with van der Waals surface area (Å²) in [5, 5.41) is 0. The third kappa shape index (κ3) is 5.90. The van der Waals surface area contributed by atoms with Crippen LogP contribution in [0.4, 0.5) is 5.69 Å². The Morgan fingerprint density at radius 2 is 1.74 bits per heavy atom. The number of sulfonamides is 1. The van der Waals surface area contributed by atoms with Crippen LogP contribution in [0, 0.1) is 0 Å². The van der Waals surface area contributed by atoms with Crippen molar-refractivity contribution in [2.24, 2.45) is 5.73 Å². The summed E-state index contributed by atoms with van der Waals surface area (Å²) in [6.07, 6.45) is 0.0239. The predicted molar refractivity (Wildman–Crippen MR) is 122 cm³/mol. The number of amides is 1. The molecule has 3 rings (SSSR count). The molecular weight excluding hydrogens is 486 g/mol. The molecule has 31 heavy (non-hydrogen) atoms. The Morgan fingerprint density at radius 1 is 1.10 bits per heavy atom. The van der Waals surface area contributed by atoms with E-state index in [2.05, 4.69) is 20.8 Å². The molecule has 1 aliphatic rings. The first kappa shape index (κ1) is 23.4. The van der Waals surface area contributed by atoms with Gasteiger partial charge in [-0.2, -0.15) is 4.31 Å². The van der Waals surface area contributed by atoms with Gasteiger partial charge < -0.3 is 20.1 Å². The molecule has 0 unspecified atom stereocenters. The average Bonchev–Trinajstić information content (AvgIpc) is 2.73. The fraction of sp³-hybridized carbons (Fsp3) is 0.381. The van der Waals surface area contributed by atoms with Crippen LogP contribution in [0.2, 0.25) is 0 Å². The zero-order valence-electron chi connectivity index (χ0n) is 17.5. The molecule has 10 heteroatoms. The van der Waals surface area contributed by atoms with E-state index >= 15 is 0 Å². The maximum Gasteiger partial charge on any atom is 0.255 e. The van der Waals surface area contributed by atoms with Crippen molar-refractivity contribution >= 4 is 37.5 Å². The van der Waals surface area contributed by atoms with Gasteiger partial charge in [-0.25, -0.2) is 8.42 Å². The Bertz CT molecular complexity index is 1020. The molecule has 1 fully saturated rings. The fourth-order valence-electron chi connectivity index (χ4n) is 3.25. The molecule has 1 amide bonds. The van der Waals surface area contributed by atoms with Crippen LogP contribution in [0.25, 0.3) is 0 Å². The number of primary amides is 1. The lowest BCUT2D eigenvalue weighted by molar-refractivity contribution is -0.119. The summed E-state index contributed by atoms with van der Waals surface area (Å²) >= 11 is 3.39. The van der Waals surface area contributed by atoms with E-state index in [0.717, 1.165) is 5.69 Å². The molecule has 1 saturated heterocycles. The summed E-state index contributed by atoms with van der Waals surface area (Å²) in [5.41, 5.74) is 6.03. The molecule has 2 aromatic rings. The molecule has 2 aromatic carbocycles. The highest BCUT2D eigenvalue weighted by Crippen LogP contribution is 2.31. The van der Waals surface area contributed by atoms with Crippen molar-refractivity contribution in [3.8, 4) is 11.5 Å². The zero-order chi connectivity index (χ0) is 22.6. The van der Waals surface area contributed by atoms with E-state index < -0.39 is 15.9 Å². The van der Waals surface area contributed by atoms with Gasteiger partial charge in [0.25, 0.3) is 5.91 Å². The quantitative estimate of drug-likeness (QED) is 0.584. The van der Waals surface area contributed by atoms with Crippen LogP contribution < -0.4 is 20.1 Å². The lowest BCUT2D eigenvalue weighted by atomic mass is 10.2. The summed E-state index contributed by atoms with van der Waals surface area (Å²) in [4.78, 5) is 13.3. The van der Waals surface area contributed by atoms with Crippen LogP contribution >= 0.6 is 15.9 Å². The van der Waals surface area contributed by atoms with Crippen LogP contribution in [-0.4, -0.2) is 57.5 Å². The van der Waals surface area contributed by atoms with E-state index in [9.17, 15) is 13.2 Å². The van der Waals surface area contributed by atoms with Crippen molar-refractivity contribution in [3.05, 3.63) is 46.9 Å². The maximum atomic E-state index is 13.0. The van der Waals surface area contributed by atoms with Crippen molar-refractivity contribution in [2.45, 2.75) is 24.8 Å². The number of nitrogens with two attached hydrogens (primary N) is 1. The van der Waals surface area contributed by atoms with E-state index in [0.29, 0.717) is 42.2 Å². The normalized spacial score (nSPS) is 15.2. The minimum absolute atomic E-state index is 0.0239. The number of anilines is 1. The number of hydrogen-bond donors (Lipinski definition) is 1. The summed E-state index contributed by atoms with van der Waals surface area (Å²) in [6.45, 7) is 5.41. The minimum atomic E-state index is -3.58. The third-order valence-electron chi connectivity index (χ3n) is 4.72. The second-order valence-corrected chi connectivity index (χ2v) is 10.2. The van der Waals surface area contributed by atoms with Gasteiger partial charge in [-0.1, -0.05) is 0 Å². The van der Waals surface area contributed by atoms with E-state index in [1.165, 1.54) is 4.31 Å². The Balaban J connectivity index is 1.66. The van der Waals surface area contributed by atoms with Gasteiger partial charge in [0.1, 0.15) is 11.5 Å². The van der Waals surface area contributed by atoms with Gasteiger partial charge in [0, 0.05) is 37.9 Å².